The van der Waals surface area contributed by atoms with E-state index in [9.17, 15) is 8.42 Å². The van der Waals surface area contributed by atoms with Crippen LogP contribution in [0, 0.1) is 5.92 Å². The Bertz CT molecular complexity index is 537. The second kappa shape index (κ2) is 7.27. The fourth-order valence-electron chi connectivity index (χ4n) is 2.33. The van der Waals surface area contributed by atoms with Gasteiger partial charge in [0, 0.05) is 12.6 Å². The average molecular weight is 311 g/mol. The van der Waals surface area contributed by atoms with E-state index in [0.29, 0.717) is 18.2 Å². The van der Waals surface area contributed by atoms with Crippen molar-refractivity contribution in [1.29, 1.82) is 0 Å². The molecular formula is C16H25NO3S. The molecule has 0 spiro atoms. The molecule has 1 unspecified atom stereocenters. The predicted octanol–water partition coefficient (Wildman–Crippen LogP) is 2.39. The molecule has 1 N–H and O–H groups in total. The van der Waals surface area contributed by atoms with Crippen molar-refractivity contribution in [1.82, 2.24) is 5.32 Å². The van der Waals surface area contributed by atoms with Crippen LogP contribution in [0.2, 0.25) is 0 Å². The fourth-order valence-corrected chi connectivity index (χ4v) is 4.04. The molecular weight excluding hydrogens is 286 g/mol. The summed E-state index contributed by atoms with van der Waals surface area (Å²) < 4.78 is 28.5. The van der Waals surface area contributed by atoms with Crippen LogP contribution in [0.5, 0.6) is 5.75 Å². The smallest absolute Gasteiger partial charge is 0.151 e. The second-order valence-electron chi connectivity index (χ2n) is 6.16. The van der Waals surface area contributed by atoms with Gasteiger partial charge < -0.3 is 10.1 Å². The number of ether oxygens (including phenoxy) is 1. The zero-order valence-electron chi connectivity index (χ0n) is 12.8. The minimum atomic E-state index is -2.81. The molecule has 2 rings (SSSR count). The third kappa shape index (κ3) is 5.67. The Morgan fingerprint density at radius 1 is 1.29 bits per heavy atom. The first-order chi connectivity index (χ1) is 9.94. The van der Waals surface area contributed by atoms with E-state index in [-0.39, 0.29) is 11.8 Å². The van der Waals surface area contributed by atoms with Crippen molar-refractivity contribution in [2.75, 3.05) is 18.1 Å². The standard InChI is InChI=1S/C16H25NO3S/c1-13(2)7-9-20-16-5-3-14(4-6-16)11-17-15-8-10-21(18,19)12-15/h3-6,13,15,17H,7-12H2,1-2H3. The van der Waals surface area contributed by atoms with Crippen LogP contribution < -0.4 is 10.1 Å². The SMILES string of the molecule is CC(C)CCOc1ccc(CNC2CCS(=O)(=O)C2)cc1. The lowest BCUT2D eigenvalue weighted by Gasteiger charge is -2.12. The predicted molar refractivity (Wildman–Crippen MR) is 85.3 cm³/mol. The lowest BCUT2D eigenvalue weighted by atomic mass is 10.1. The summed E-state index contributed by atoms with van der Waals surface area (Å²) in [6.45, 7) is 5.81. The van der Waals surface area contributed by atoms with Gasteiger partial charge >= 0.3 is 0 Å². The maximum absolute atomic E-state index is 11.4. The highest BCUT2D eigenvalue weighted by Crippen LogP contribution is 2.15. The molecule has 0 radical (unpaired) electrons. The Hall–Kier alpha value is -1.07. The number of hydrogen-bond donors (Lipinski definition) is 1. The number of benzene rings is 1. The maximum Gasteiger partial charge on any atom is 0.151 e. The van der Waals surface area contributed by atoms with E-state index in [1.165, 1.54) is 0 Å². The molecule has 0 aromatic heterocycles. The molecule has 0 amide bonds. The summed E-state index contributed by atoms with van der Waals surface area (Å²) >= 11 is 0. The van der Waals surface area contributed by atoms with Crippen molar-refractivity contribution in [3.8, 4) is 5.75 Å². The van der Waals surface area contributed by atoms with Gasteiger partial charge in [0.05, 0.1) is 18.1 Å². The van der Waals surface area contributed by atoms with Gasteiger partial charge in [0.1, 0.15) is 5.75 Å². The maximum atomic E-state index is 11.4. The van der Waals surface area contributed by atoms with Crippen molar-refractivity contribution >= 4 is 9.84 Å². The summed E-state index contributed by atoms with van der Waals surface area (Å²) in [5, 5.41) is 3.31. The van der Waals surface area contributed by atoms with Crippen LogP contribution in [-0.4, -0.2) is 32.6 Å². The number of nitrogens with one attached hydrogen (secondary N) is 1. The Labute approximate surface area is 127 Å². The van der Waals surface area contributed by atoms with Gasteiger partial charge in [-0.2, -0.15) is 0 Å². The highest BCUT2D eigenvalue weighted by atomic mass is 32.2. The fraction of sp³-hybridized carbons (Fsp3) is 0.625. The first-order valence-electron chi connectivity index (χ1n) is 7.60. The summed E-state index contributed by atoms with van der Waals surface area (Å²) in [6, 6.07) is 8.10. The van der Waals surface area contributed by atoms with Gasteiger partial charge in [-0.05, 0) is 36.5 Å². The largest absolute Gasteiger partial charge is 0.494 e. The lowest BCUT2D eigenvalue weighted by Crippen LogP contribution is -2.29. The molecule has 4 nitrogen and oxygen atoms in total. The highest BCUT2D eigenvalue weighted by molar-refractivity contribution is 7.91. The molecule has 1 heterocycles. The van der Waals surface area contributed by atoms with Crippen LogP contribution >= 0.6 is 0 Å². The van der Waals surface area contributed by atoms with Gasteiger partial charge in [-0.3, -0.25) is 0 Å². The van der Waals surface area contributed by atoms with Crippen molar-refractivity contribution in [2.24, 2.45) is 5.92 Å². The molecule has 1 saturated heterocycles. The Morgan fingerprint density at radius 2 is 2.00 bits per heavy atom. The number of rotatable bonds is 7. The molecule has 0 aliphatic carbocycles. The van der Waals surface area contributed by atoms with Crippen molar-refractivity contribution < 1.29 is 13.2 Å². The zero-order chi connectivity index (χ0) is 15.3. The van der Waals surface area contributed by atoms with E-state index in [1.54, 1.807) is 0 Å². The Balaban J connectivity index is 1.75. The first-order valence-corrected chi connectivity index (χ1v) is 9.42. The van der Waals surface area contributed by atoms with Crippen molar-refractivity contribution in [2.45, 2.75) is 39.3 Å². The Morgan fingerprint density at radius 3 is 2.57 bits per heavy atom. The molecule has 0 saturated carbocycles. The molecule has 1 aliphatic heterocycles. The topological polar surface area (TPSA) is 55.4 Å². The van der Waals surface area contributed by atoms with Crippen LogP contribution in [0.4, 0.5) is 0 Å². The highest BCUT2D eigenvalue weighted by Gasteiger charge is 2.27. The van der Waals surface area contributed by atoms with E-state index < -0.39 is 9.84 Å². The Kier molecular flexibility index (Phi) is 5.65. The molecule has 1 aromatic rings. The van der Waals surface area contributed by atoms with Gasteiger partial charge in [-0.15, -0.1) is 0 Å². The molecule has 21 heavy (non-hydrogen) atoms. The van der Waals surface area contributed by atoms with Crippen molar-refractivity contribution in [3.63, 3.8) is 0 Å². The van der Waals surface area contributed by atoms with Gasteiger partial charge in [0.15, 0.2) is 9.84 Å². The lowest BCUT2D eigenvalue weighted by molar-refractivity contribution is 0.289. The van der Waals surface area contributed by atoms with E-state index in [4.69, 9.17) is 4.74 Å². The summed E-state index contributed by atoms with van der Waals surface area (Å²) in [7, 11) is -2.81. The molecule has 1 fully saturated rings. The first kappa shape index (κ1) is 16.3. The third-order valence-corrected chi connectivity index (χ3v) is 5.48. The van der Waals surface area contributed by atoms with Gasteiger partial charge in [0.2, 0.25) is 0 Å². The minimum absolute atomic E-state index is 0.0944. The molecule has 0 bridgehead atoms. The number of hydrogen-bond acceptors (Lipinski definition) is 4. The van der Waals surface area contributed by atoms with Gasteiger partial charge in [-0.25, -0.2) is 8.42 Å². The third-order valence-electron chi connectivity index (χ3n) is 3.71. The van der Waals surface area contributed by atoms with E-state index in [0.717, 1.165) is 30.8 Å². The minimum Gasteiger partial charge on any atom is -0.494 e. The zero-order valence-corrected chi connectivity index (χ0v) is 13.7. The number of sulfone groups is 1. The van der Waals surface area contributed by atoms with Crippen LogP contribution in [0.1, 0.15) is 32.3 Å². The molecule has 118 valence electrons. The van der Waals surface area contributed by atoms with E-state index in [2.05, 4.69) is 19.2 Å². The molecule has 1 aromatic carbocycles. The second-order valence-corrected chi connectivity index (χ2v) is 8.38. The van der Waals surface area contributed by atoms with Crippen LogP contribution in [0.3, 0.4) is 0 Å². The van der Waals surface area contributed by atoms with E-state index in [1.807, 2.05) is 24.3 Å². The van der Waals surface area contributed by atoms with Gasteiger partial charge in [0.25, 0.3) is 0 Å². The summed E-state index contributed by atoms with van der Waals surface area (Å²) in [6.07, 6.45) is 1.78. The van der Waals surface area contributed by atoms with E-state index >= 15 is 0 Å². The molecule has 1 atom stereocenters. The summed E-state index contributed by atoms with van der Waals surface area (Å²) in [4.78, 5) is 0. The normalized spacial score (nSPS) is 20.8. The molecule has 5 heteroatoms. The summed E-state index contributed by atoms with van der Waals surface area (Å²) in [5.74, 6) is 2.12. The van der Waals surface area contributed by atoms with Crippen LogP contribution in [-0.2, 0) is 16.4 Å². The monoisotopic (exact) mass is 311 g/mol. The average Bonchev–Trinajstić information content (AvgIpc) is 2.77. The van der Waals surface area contributed by atoms with Crippen molar-refractivity contribution in [3.05, 3.63) is 29.8 Å². The quantitative estimate of drug-likeness (QED) is 0.840. The van der Waals surface area contributed by atoms with Gasteiger partial charge in [-0.1, -0.05) is 26.0 Å². The molecule has 1 aliphatic rings. The van der Waals surface area contributed by atoms with Crippen LogP contribution in [0.15, 0.2) is 24.3 Å². The van der Waals surface area contributed by atoms with Crippen LogP contribution in [0.25, 0.3) is 0 Å². The summed E-state index contributed by atoms with van der Waals surface area (Å²) in [5.41, 5.74) is 1.15.